The Balaban J connectivity index is 1.88. The summed E-state index contributed by atoms with van der Waals surface area (Å²) in [6, 6.07) is 0.406. The molecule has 3 aliphatic rings. The maximum Gasteiger partial charge on any atom is 0.238 e. The van der Waals surface area contributed by atoms with Gasteiger partial charge < -0.3 is 41.7 Å². The monoisotopic (exact) mass is 585 g/mol. The van der Waals surface area contributed by atoms with E-state index in [4.69, 9.17) is 5.73 Å². The van der Waals surface area contributed by atoms with Crippen LogP contribution in [-0.2, 0) is 25.6 Å². The first kappa shape index (κ1) is 31.0. The largest absolute Gasteiger partial charge is 0.507 e. The van der Waals surface area contributed by atoms with Gasteiger partial charge in [0.15, 0.2) is 17.3 Å². The number of likely N-dealkylation sites (N-methyl/N-ethyl adjacent to an activating group) is 1. The Morgan fingerprint density at radius 2 is 1.74 bits per heavy atom. The molecule has 13 heteroatoms. The number of amides is 1. The second-order valence-electron chi connectivity index (χ2n) is 12.7. The van der Waals surface area contributed by atoms with Crippen LogP contribution in [0.15, 0.2) is 23.1 Å². The van der Waals surface area contributed by atoms with Crippen LogP contribution in [0.2, 0.25) is 0 Å². The number of phenols is 1. The zero-order chi connectivity index (χ0) is 31.6. The molecule has 0 aliphatic heterocycles. The van der Waals surface area contributed by atoms with Crippen LogP contribution in [0.1, 0.15) is 38.3 Å². The summed E-state index contributed by atoms with van der Waals surface area (Å²) in [5.41, 5.74) is 2.07. The highest BCUT2D eigenvalue weighted by Gasteiger charge is 2.66. The van der Waals surface area contributed by atoms with E-state index in [0.717, 1.165) is 0 Å². The van der Waals surface area contributed by atoms with E-state index in [9.17, 15) is 39.6 Å². The zero-order valence-corrected chi connectivity index (χ0v) is 24.8. The third-order valence-corrected chi connectivity index (χ3v) is 8.22. The second-order valence-corrected chi connectivity index (χ2v) is 12.7. The smallest absolute Gasteiger partial charge is 0.238 e. The molecule has 2 saturated carbocycles. The molecule has 3 aliphatic carbocycles. The van der Waals surface area contributed by atoms with E-state index < -0.39 is 69.7 Å². The summed E-state index contributed by atoms with van der Waals surface area (Å²) in [7, 11) is 6.58. The van der Waals surface area contributed by atoms with Gasteiger partial charge in [0.25, 0.3) is 0 Å². The van der Waals surface area contributed by atoms with Crippen molar-refractivity contribution in [3.05, 3.63) is 34.2 Å². The molecule has 42 heavy (non-hydrogen) atoms. The number of hydrogen-bond acceptors (Lipinski definition) is 12. The first-order valence-corrected chi connectivity index (χ1v) is 13.6. The molecule has 0 unspecified atom stereocenters. The van der Waals surface area contributed by atoms with Crippen molar-refractivity contribution in [2.75, 3.05) is 45.0 Å². The highest BCUT2D eigenvalue weighted by molar-refractivity contribution is 6.35. The fourth-order valence-corrected chi connectivity index (χ4v) is 6.31. The number of benzene rings is 1. The highest BCUT2D eigenvalue weighted by atomic mass is 16.3. The van der Waals surface area contributed by atoms with Crippen molar-refractivity contribution in [3.63, 3.8) is 0 Å². The number of aliphatic hydroxyl groups excluding tert-OH is 2. The number of carbonyl (C=O) groups excluding carboxylic acids is 4. The normalized spacial score (nSPS) is 27.0. The lowest BCUT2D eigenvalue weighted by Crippen LogP contribution is -2.69. The average Bonchev–Trinajstić information content (AvgIpc) is 2.85. The Hall–Kier alpha value is -3.94. The van der Waals surface area contributed by atoms with Gasteiger partial charge in [-0.25, -0.2) is 0 Å². The van der Waals surface area contributed by atoms with Gasteiger partial charge in [-0.15, -0.1) is 0 Å². The number of carbonyl (C=O) groups is 4. The summed E-state index contributed by atoms with van der Waals surface area (Å²) < 4.78 is 0. The lowest BCUT2D eigenvalue weighted by atomic mass is 9.56. The number of hydrogen-bond donors (Lipinski definition) is 7. The third-order valence-electron chi connectivity index (χ3n) is 8.22. The number of Topliss-reactive ketones (excluding diaryl/α,β-unsaturated/α-hetero) is 3. The van der Waals surface area contributed by atoms with Crippen molar-refractivity contribution in [2.45, 2.75) is 50.8 Å². The van der Waals surface area contributed by atoms with Crippen LogP contribution in [0.25, 0.3) is 5.76 Å². The fourth-order valence-electron chi connectivity index (χ4n) is 6.31. The standard InChI is InChI=1S/C29H39N5O8/c1-28(2,3)31-11-17(35)32-15-10-16(33(4)5)13-8-12-9-14-21(34(6)7)24(38)20(27(30)41)26(40)29(14,42)25(39)18(12)23(37)19(13)22(15)36/h10,12,14,21,31,36-37,41-42H,8-9,11,30H2,1-7H3,(H,32,35)/t12-,14-,21-,29-/m0/s1. The number of aliphatic hydroxyl groups is 3. The van der Waals surface area contributed by atoms with Gasteiger partial charge in [-0.2, -0.15) is 0 Å². The molecule has 0 heterocycles. The molecule has 0 radical (unpaired) electrons. The van der Waals surface area contributed by atoms with Crippen LogP contribution in [-0.4, -0.2) is 101 Å². The van der Waals surface area contributed by atoms with Crippen LogP contribution < -0.4 is 21.3 Å². The Labute approximate surface area is 243 Å². The summed E-state index contributed by atoms with van der Waals surface area (Å²) in [5.74, 6) is -7.89. The molecular formula is C29H39N5O8. The number of aromatic hydroxyl groups is 1. The van der Waals surface area contributed by atoms with E-state index in [1.807, 2.05) is 20.8 Å². The zero-order valence-electron chi connectivity index (χ0n) is 24.8. The number of anilines is 2. The van der Waals surface area contributed by atoms with Crippen molar-refractivity contribution >= 4 is 40.4 Å². The molecule has 0 bridgehead atoms. The molecule has 228 valence electrons. The highest BCUT2D eigenvalue weighted by Crippen LogP contribution is 2.53. The molecule has 1 amide bonds. The van der Waals surface area contributed by atoms with Gasteiger partial charge in [0, 0.05) is 36.8 Å². The number of fused-ring (bicyclic) bond motifs is 3. The van der Waals surface area contributed by atoms with Crippen molar-refractivity contribution in [3.8, 4) is 5.75 Å². The van der Waals surface area contributed by atoms with E-state index >= 15 is 0 Å². The van der Waals surface area contributed by atoms with E-state index in [0.29, 0.717) is 11.3 Å². The molecule has 0 aromatic heterocycles. The molecule has 4 rings (SSSR count). The van der Waals surface area contributed by atoms with Gasteiger partial charge in [-0.05, 0) is 65.3 Å². The van der Waals surface area contributed by atoms with E-state index in [1.54, 1.807) is 39.2 Å². The van der Waals surface area contributed by atoms with E-state index in [1.165, 1.54) is 4.90 Å². The summed E-state index contributed by atoms with van der Waals surface area (Å²) in [4.78, 5) is 56.6. The number of rotatable bonds is 5. The van der Waals surface area contributed by atoms with Crippen molar-refractivity contribution < 1.29 is 39.6 Å². The Morgan fingerprint density at radius 3 is 2.26 bits per heavy atom. The molecule has 0 saturated heterocycles. The van der Waals surface area contributed by atoms with Gasteiger partial charge in [0.1, 0.15) is 17.1 Å². The van der Waals surface area contributed by atoms with Crippen molar-refractivity contribution in [1.82, 2.24) is 10.2 Å². The Kier molecular flexibility index (Phi) is 7.68. The fraction of sp³-hybridized carbons (Fsp3) is 0.517. The van der Waals surface area contributed by atoms with Crippen LogP contribution in [0.3, 0.4) is 0 Å². The van der Waals surface area contributed by atoms with Gasteiger partial charge in [0.05, 0.1) is 23.8 Å². The number of phenolic OH excluding ortho intramolecular Hbond substituents is 1. The third kappa shape index (κ3) is 4.80. The predicted molar refractivity (Wildman–Crippen MR) is 155 cm³/mol. The van der Waals surface area contributed by atoms with Gasteiger partial charge >= 0.3 is 0 Å². The minimum absolute atomic E-state index is 0.00566. The molecule has 2 fully saturated rings. The predicted octanol–water partition coefficient (Wildman–Crippen LogP) is 0.357. The van der Waals surface area contributed by atoms with E-state index in [-0.39, 0.29) is 41.7 Å². The summed E-state index contributed by atoms with van der Waals surface area (Å²) >= 11 is 0. The van der Waals surface area contributed by atoms with Crippen LogP contribution in [0.4, 0.5) is 11.4 Å². The topological polar surface area (TPSA) is 206 Å². The van der Waals surface area contributed by atoms with Crippen molar-refractivity contribution in [2.24, 2.45) is 17.6 Å². The minimum atomic E-state index is -2.80. The lowest BCUT2D eigenvalue weighted by Gasteiger charge is -2.50. The molecule has 13 nitrogen and oxygen atoms in total. The number of ketones is 3. The molecule has 4 atom stereocenters. The van der Waals surface area contributed by atoms with Gasteiger partial charge in [-0.1, -0.05) is 0 Å². The van der Waals surface area contributed by atoms with Crippen molar-refractivity contribution in [1.29, 1.82) is 0 Å². The molecular weight excluding hydrogens is 546 g/mol. The van der Waals surface area contributed by atoms with E-state index in [2.05, 4.69) is 10.6 Å². The minimum Gasteiger partial charge on any atom is -0.507 e. The van der Waals surface area contributed by atoms with Crippen LogP contribution in [0, 0.1) is 11.8 Å². The first-order chi connectivity index (χ1) is 19.3. The molecule has 1 aromatic rings. The molecule has 0 spiro atoms. The number of nitrogens with two attached hydrogens (primary N) is 1. The Bertz CT molecular complexity index is 1450. The Morgan fingerprint density at radius 1 is 1.12 bits per heavy atom. The average molecular weight is 586 g/mol. The number of nitrogens with one attached hydrogen (secondary N) is 2. The SMILES string of the molecule is CN(C)c1cc(NC(=O)CNC(C)(C)C)c(O)c2c1C[C@H]1C[C@H]3[C@H](N(C)C)C(=O)C(=C(N)O)C(=O)[C@@]3(O)C(=O)C1=C2O. The number of nitrogens with zero attached hydrogens (tertiary/aromatic N) is 2. The first-order valence-electron chi connectivity index (χ1n) is 13.6. The summed E-state index contributed by atoms with van der Waals surface area (Å²) in [6.07, 6.45) is 0.0892. The molecule has 8 N–H and O–H groups in total. The van der Waals surface area contributed by atoms with Gasteiger partial charge in [-0.3, -0.25) is 24.1 Å². The maximum atomic E-state index is 14.0. The lowest BCUT2D eigenvalue weighted by molar-refractivity contribution is -0.165. The molecule has 1 aromatic carbocycles. The maximum absolute atomic E-state index is 14.0. The van der Waals surface area contributed by atoms with Gasteiger partial charge in [0.2, 0.25) is 17.5 Å². The quantitative estimate of drug-likeness (QED) is 0.0822. The second kappa shape index (κ2) is 10.4. The summed E-state index contributed by atoms with van der Waals surface area (Å²) in [6.45, 7) is 5.62. The summed E-state index contributed by atoms with van der Waals surface area (Å²) in [5, 5.41) is 50.2. The van der Waals surface area contributed by atoms with Crippen LogP contribution in [0.5, 0.6) is 5.75 Å². The van der Waals surface area contributed by atoms with Crippen LogP contribution >= 0.6 is 0 Å².